The second-order valence-corrected chi connectivity index (χ2v) is 5.57. The predicted molar refractivity (Wildman–Crippen MR) is 72.5 cm³/mol. The summed E-state index contributed by atoms with van der Waals surface area (Å²) in [7, 11) is 0. The molecule has 6 heteroatoms. The Morgan fingerprint density at radius 1 is 1.14 bits per heavy atom. The zero-order valence-electron chi connectivity index (χ0n) is 11.5. The van der Waals surface area contributed by atoms with Crippen LogP contribution in [0.5, 0.6) is 0 Å². The second kappa shape index (κ2) is 4.87. The van der Waals surface area contributed by atoms with Crippen molar-refractivity contribution >= 4 is 5.78 Å². The van der Waals surface area contributed by atoms with Crippen LogP contribution in [0.25, 0.3) is 0 Å². The number of furan rings is 2. The van der Waals surface area contributed by atoms with Gasteiger partial charge in [0, 0.05) is 24.7 Å². The second-order valence-electron chi connectivity index (χ2n) is 5.57. The number of nitro groups is 1. The van der Waals surface area contributed by atoms with Gasteiger partial charge in [-0.2, -0.15) is 0 Å². The molecule has 0 radical (unpaired) electrons. The fraction of sp³-hybridized carbons (Fsp3) is 0.400. The Balaban J connectivity index is 2.11. The molecule has 1 unspecified atom stereocenters. The van der Waals surface area contributed by atoms with Crippen LogP contribution < -0.4 is 0 Å². The molecule has 1 aliphatic rings. The fourth-order valence-electron chi connectivity index (χ4n) is 3.21. The van der Waals surface area contributed by atoms with Crippen LogP contribution in [-0.2, 0) is 4.79 Å². The van der Waals surface area contributed by atoms with Gasteiger partial charge in [0.1, 0.15) is 17.3 Å². The van der Waals surface area contributed by atoms with Crippen molar-refractivity contribution in [2.75, 3.05) is 0 Å². The van der Waals surface area contributed by atoms with Crippen LogP contribution in [0, 0.1) is 10.1 Å². The molecule has 1 saturated carbocycles. The topological polar surface area (TPSA) is 86.5 Å². The number of hydrogen-bond acceptors (Lipinski definition) is 5. The highest BCUT2D eigenvalue weighted by Gasteiger charge is 2.59. The Hall–Kier alpha value is -2.37. The molecule has 0 saturated heterocycles. The van der Waals surface area contributed by atoms with Crippen molar-refractivity contribution in [3.63, 3.8) is 0 Å². The molecule has 21 heavy (non-hydrogen) atoms. The average molecular weight is 289 g/mol. The highest BCUT2D eigenvalue weighted by atomic mass is 16.6. The van der Waals surface area contributed by atoms with Gasteiger partial charge in [0.05, 0.1) is 24.4 Å². The summed E-state index contributed by atoms with van der Waals surface area (Å²) in [5.74, 6) is -0.271. The van der Waals surface area contributed by atoms with Gasteiger partial charge >= 0.3 is 0 Å². The van der Waals surface area contributed by atoms with Crippen LogP contribution in [-0.4, -0.2) is 16.2 Å². The standard InChI is InChI=1S/C15H15NO5/c1-15(16(18)19)11(13-4-2-6-20-13)8-10(17)9-12(15)14-5-3-7-21-14/h2-7,11-12H,8-9H2,1H3/t11-,12+,15?. The van der Waals surface area contributed by atoms with Crippen molar-refractivity contribution in [1.82, 2.24) is 0 Å². The van der Waals surface area contributed by atoms with E-state index in [0.29, 0.717) is 11.5 Å². The number of nitrogens with zero attached hydrogens (tertiary/aromatic N) is 1. The molecule has 0 amide bonds. The zero-order chi connectivity index (χ0) is 15.0. The van der Waals surface area contributed by atoms with Gasteiger partial charge in [-0.1, -0.05) is 0 Å². The van der Waals surface area contributed by atoms with Crippen LogP contribution in [0.1, 0.15) is 43.1 Å². The SMILES string of the molecule is CC1([N+](=O)[O-])[C@@H](c2ccco2)CC(=O)C[C@H]1c1ccco1. The number of carbonyl (C=O) groups is 1. The highest BCUT2D eigenvalue weighted by Crippen LogP contribution is 2.49. The van der Waals surface area contributed by atoms with E-state index in [1.165, 1.54) is 12.5 Å². The molecule has 0 N–H and O–H groups in total. The molecule has 1 fully saturated rings. The molecule has 6 nitrogen and oxygen atoms in total. The van der Waals surface area contributed by atoms with Crippen molar-refractivity contribution in [1.29, 1.82) is 0 Å². The Kier molecular flexibility index (Phi) is 3.16. The Morgan fingerprint density at radius 3 is 1.95 bits per heavy atom. The summed E-state index contributed by atoms with van der Waals surface area (Å²) in [6.07, 6.45) is 3.16. The van der Waals surface area contributed by atoms with Gasteiger partial charge in [0.25, 0.3) is 0 Å². The van der Waals surface area contributed by atoms with Crippen molar-refractivity contribution in [2.45, 2.75) is 37.1 Å². The third kappa shape index (κ3) is 2.07. The first-order valence-electron chi connectivity index (χ1n) is 6.76. The lowest BCUT2D eigenvalue weighted by atomic mass is 9.65. The lowest BCUT2D eigenvalue weighted by molar-refractivity contribution is -0.577. The molecule has 0 aromatic carbocycles. The zero-order valence-corrected chi connectivity index (χ0v) is 11.5. The van der Waals surface area contributed by atoms with E-state index in [9.17, 15) is 14.9 Å². The first-order chi connectivity index (χ1) is 10.0. The van der Waals surface area contributed by atoms with E-state index in [2.05, 4.69) is 0 Å². The normalized spacial score (nSPS) is 29.5. The highest BCUT2D eigenvalue weighted by molar-refractivity contribution is 5.81. The molecule has 3 atom stereocenters. The van der Waals surface area contributed by atoms with Gasteiger partial charge in [-0.05, 0) is 24.3 Å². The summed E-state index contributed by atoms with van der Waals surface area (Å²) < 4.78 is 10.7. The van der Waals surface area contributed by atoms with Crippen molar-refractivity contribution in [3.05, 3.63) is 58.4 Å². The van der Waals surface area contributed by atoms with E-state index in [4.69, 9.17) is 8.83 Å². The summed E-state index contributed by atoms with van der Waals surface area (Å²) in [6.45, 7) is 1.57. The van der Waals surface area contributed by atoms with Crippen LogP contribution in [0.3, 0.4) is 0 Å². The van der Waals surface area contributed by atoms with Gasteiger partial charge in [-0.3, -0.25) is 14.9 Å². The van der Waals surface area contributed by atoms with E-state index < -0.39 is 17.4 Å². The molecular weight excluding hydrogens is 274 g/mol. The third-order valence-corrected chi connectivity index (χ3v) is 4.44. The maximum absolute atomic E-state index is 12.1. The largest absolute Gasteiger partial charge is 0.469 e. The maximum Gasteiger partial charge on any atom is 0.239 e. The van der Waals surface area contributed by atoms with Crippen LogP contribution in [0.2, 0.25) is 0 Å². The van der Waals surface area contributed by atoms with Gasteiger partial charge in [-0.25, -0.2) is 0 Å². The van der Waals surface area contributed by atoms with Crippen LogP contribution in [0.15, 0.2) is 45.6 Å². The number of hydrogen-bond donors (Lipinski definition) is 0. The summed E-state index contributed by atoms with van der Waals surface area (Å²) >= 11 is 0. The average Bonchev–Trinajstić information content (AvgIpc) is 3.12. The molecule has 1 aliphatic carbocycles. The number of Topliss-reactive ketones (excluding diaryl/α,β-unsaturated/α-hetero) is 1. The van der Waals surface area contributed by atoms with Crippen LogP contribution in [0.4, 0.5) is 0 Å². The Bertz CT molecular complexity index is 597. The minimum atomic E-state index is -1.34. The van der Waals surface area contributed by atoms with Crippen LogP contribution >= 0.6 is 0 Å². The summed E-state index contributed by atoms with van der Waals surface area (Å²) in [4.78, 5) is 23.6. The Morgan fingerprint density at radius 2 is 1.62 bits per heavy atom. The predicted octanol–water partition coefficient (Wildman–Crippen LogP) is 3.14. The monoisotopic (exact) mass is 289 g/mol. The summed E-state index contributed by atoms with van der Waals surface area (Å²) in [5, 5.41) is 11.8. The van der Waals surface area contributed by atoms with E-state index in [0.717, 1.165) is 0 Å². The minimum Gasteiger partial charge on any atom is -0.469 e. The summed E-state index contributed by atoms with van der Waals surface area (Å²) in [5.41, 5.74) is -1.34. The molecule has 2 aromatic heterocycles. The van der Waals surface area contributed by atoms with Gasteiger partial charge < -0.3 is 8.83 Å². The quantitative estimate of drug-likeness (QED) is 0.640. The number of carbonyl (C=O) groups excluding carboxylic acids is 1. The lowest BCUT2D eigenvalue weighted by Gasteiger charge is -2.37. The molecule has 110 valence electrons. The smallest absolute Gasteiger partial charge is 0.239 e. The van der Waals surface area contributed by atoms with E-state index >= 15 is 0 Å². The molecular formula is C15H15NO5. The molecule has 0 spiro atoms. The molecule has 3 rings (SSSR count). The maximum atomic E-state index is 12.1. The van der Waals surface area contributed by atoms with Gasteiger partial charge in [0.2, 0.25) is 5.54 Å². The molecule has 0 bridgehead atoms. The minimum absolute atomic E-state index is 0.0166. The van der Waals surface area contributed by atoms with Crippen molar-refractivity contribution in [3.8, 4) is 0 Å². The van der Waals surface area contributed by atoms with Crippen molar-refractivity contribution in [2.24, 2.45) is 0 Å². The van der Waals surface area contributed by atoms with E-state index in [1.807, 2.05) is 0 Å². The molecule has 2 aromatic rings. The van der Waals surface area contributed by atoms with Gasteiger partial charge in [-0.15, -0.1) is 0 Å². The summed E-state index contributed by atoms with van der Waals surface area (Å²) in [6, 6.07) is 6.72. The fourth-order valence-corrected chi connectivity index (χ4v) is 3.21. The number of ketones is 1. The molecule has 2 heterocycles. The Labute approximate surface area is 120 Å². The first kappa shape index (κ1) is 13.6. The van der Waals surface area contributed by atoms with Crippen molar-refractivity contribution < 1.29 is 18.6 Å². The lowest BCUT2D eigenvalue weighted by Crippen LogP contribution is -2.51. The van der Waals surface area contributed by atoms with E-state index in [-0.39, 0.29) is 23.5 Å². The van der Waals surface area contributed by atoms with E-state index in [1.54, 1.807) is 31.2 Å². The third-order valence-electron chi connectivity index (χ3n) is 4.44. The molecule has 0 aliphatic heterocycles. The first-order valence-corrected chi connectivity index (χ1v) is 6.76. The van der Waals surface area contributed by atoms with Gasteiger partial charge in [0.15, 0.2) is 0 Å². The number of rotatable bonds is 3.